The van der Waals surface area contributed by atoms with Crippen LogP contribution in [-0.4, -0.2) is 66.8 Å². The molecule has 0 bridgehead atoms. The number of aromatic nitrogens is 6. The highest BCUT2D eigenvalue weighted by Crippen LogP contribution is 2.47. The van der Waals surface area contributed by atoms with Crippen molar-refractivity contribution in [3.63, 3.8) is 0 Å². The van der Waals surface area contributed by atoms with Crippen LogP contribution in [0.2, 0.25) is 0 Å². The molecule has 1 spiro atoms. The smallest absolute Gasteiger partial charge is 0.219 e. The van der Waals surface area contributed by atoms with E-state index in [-0.39, 0.29) is 5.78 Å². The van der Waals surface area contributed by atoms with Crippen LogP contribution in [0.15, 0.2) is 47.2 Å². The van der Waals surface area contributed by atoms with Crippen molar-refractivity contribution in [1.29, 1.82) is 0 Å². The van der Waals surface area contributed by atoms with Gasteiger partial charge in [0, 0.05) is 36.5 Å². The Kier molecular flexibility index (Phi) is 6.42. The molecule has 10 nitrogen and oxygen atoms in total. The molecule has 1 saturated carbocycles. The molecule has 1 aliphatic heterocycles. The Morgan fingerprint density at radius 3 is 2.83 bits per heavy atom. The molecule has 40 heavy (non-hydrogen) atoms. The second kappa shape index (κ2) is 10.2. The monoisotopic (exact) mass is 539 g/mol. The lowest BCUT2D eigenvalue weighted by molar-refractivity contribution is -0.128. The third kappa shape index (κ3) is 4.40. The van der Waals surface area contributed by atoms with Crippen molar-refractivity contribution in [2.45, 2.75) is 69.2 Å². The Morgan fingerprint density at radius 1 is 1.07 bits per heavy atom. The van der Waals surface area contributed by atoms with Gasteiger partial charge < -0.3 is 14.2 Å². The van der Waals surface area contributed by atoms with Crippen LogP contribution in [0.25, 0.3) is 28.7 Å². The number of pyridine rings is 1. The quantitative estimate of drug-likeness (QED) is 0.348. The van der Waals surface area contributed by atoms with Crippen LogP contribution in [0, 0.1) is 0 Å². The minimum atomic E-state index is -0.555. The summed E-state index contributed by atoms with van der Waals surface area (Å²) in [6.07, 6.45) is 11.8. The van der Waals surface area contributed by atoms with Gasteiger partial charge in [-0.15, -0.1) is 0 Å². The van der Waals surface area contributed by atoms with Gasteiger partial charge >= 0.3 is 0 Å². The Balaban J connectivity index is 1.28. The van der Waals surface area contributed by atoms with Crippen LogP contribution in [0.1, 0.15) is 62.7 Å². The van der Waals surface area contributed by atoms with Gasteiger partial charge in [-0.25, -0.2) is 9.67 Å². The number of likely N-dealkylation sites (tertiary alicyclic amines) is 1. The maximum absolute atomic E-state index is 13.2. The second-order valence-corrected chi connectivity index (χ2v) is 11.2. The highest BCUT2D eigenvalue weighted by Gasteiger charge is 2.48. The van der Waals surface area contributed by atoms with Gasteiger partial charge in [-0.2, -0.15) is 10.1 Å². The third-order valence-corrected chi connectivity index (χ3v) is 8.79. The molecule has 1 saturated heterocycles. The molecule has 2 fully saturated rings. The minimum Gasteiger partial charge on any atom is -0.476 e. The van der Waals surface area contributed by atoms with Gasteiger partial charge in [0.25, 0.3) is 0 Å². The SMILES string of the molecule is CN1CCC[C@H]1COc1cc(-n2ccc(-c3ccccn3)n2)nc(-c2noc3c2CCC[C@@]32CCCCC2=O)n1. The molecule has 4 aromatic heterocycles. The summed E-state index contributed by atoms with van der Waals surface area (Å²) in [4.78, 5) is 29.6. The predicted octanol–water partition coefficient (Wildman–Crippen LogP) is 4.57. The Bertz CT molecular complexity index is 1530. The number of hydrogen-bond donors (Lipinski definition) is 0. The number of ketones is 1. The van der Waals surface area contributed by atoms with Crippen molar-refractivity contribution in [3.05, 3.63) is 54.0 Å². The van der Waals surface area contributed by atoms with Crippen molar-refractivity contribution in [3.8, 4) is 34.6 Å². The summed E-state index contributed by atoms with van der Waals surface area (Å²) in [5.74, 6) is 2.45. The summed E-state index contributed by atoms with van der Waals surface area (Å²) in [6.45, 7) is 1.61. The number of carbonyl (C=O) groups is 1. The lowest BCUT2D eigenvalue weighted by atomic mass is 9.64. The van der Waals surface area contributed by atoms with E-state index in [9.17, 15) is 4.79 Å². The summed E-state index contributed by atoms with van der Waals surface area (Å²) in [5.41, 5.74) is 2.52. The fourth-order valence-corrected chi connectivity index (χ4v) is 6.55. The van der Waals surface area contributed by atoms with E-state index >= 15 is 0 Å². The molecule has 2 aliphatic carbocycles. The molecular weight excluding hydrogens is 506 g/mol. The van der Waals surface area contributed by atoms with Crippen LogP contribution in [0.4, 0.5) is 0 Å². The lowest BCUT2D eigenvalue weighted by Crippen LogP contribution is -2.41. The number of ether oxygens (including phenoxy) is 1. The van der Waals surface area contributed by atoms with Crippen molar-refractivity contribution in [2.75, 3.05) is 20.2 Å². The standard InChI is InChI=1S/C30H33N7O3/c1-36-16-7-8-20(36)19-39-26-18-25(37-17-12-23(34-37)22-10-3-5-15-31-22)32-29(33-26)27-21-9-6-14-30(28(21)40-35-27)13-4-2-11-24(30)38/h3,5,10,12,15,17-18,20H,2,4,6-9,11,13-14,16,19H2,1H3/t20-,30+/m0/s1. The molecule has 0 amide bonds. The van der Waals surface area contributed by atoms with Gasteiger partial charge in [0.2, 0.25) is 5.88 Å². The minimum absolute atomic E-state index is 0.278. The summed E-state index contributed by atoms with van der Waals surface area (Å²) >= 11 is 0. The fraction of sp³-hybridized carbons (Fsp3) is 0.467. The van der Waals surface area contributed by atoms with Crippen molar-refractivity contribution < 1.29 is 14.1 Å². The van der Waals surface area contributed by atoms with Crippen LogP contribution in [-0.2, 0) is 16.6 Å². The zero-order valence-electron chi connectivity index (χ0n) is 22.8. The predicted molar refractivity (Wildman–Crippen MR) is 147 cm³/mol. The summed E-state index contributed by atoms with van der Waals surface area (Å²) in [7, 11) is 2.13. The van der Waals surface area contributed by atoms with E-state index in [2.05, 4.69) is 22.1 Å². The third-order valence-electron chi connectivity index (χ3n) is 8.79. The molecule has 0 unspecified atom stereocenters. The molecule has 0 aromatic carbocycles. The zero-order valence-corrected chi connectivity index (χ0v) is 22.8. The summed E-state index contributed by atoms with van der Waals surface area (Å²) < 4.78 is 14.0. The number of carbonyl (C=O) groups excluding carboxylic acids is 1. The number of rotatable bonds is 6. The van der Waals surface area contributed by atoms with E-state index in [0.29, 0.717) is 42.3 Å². The van der Waals surface area contributed by atoms with Crippen LogP contribution < -0.4 is 4.74 Å². The van der Waals surface area contributed by atoms with Gasteiger partial charge in [0.15, 0.2) is 23.1 Å². The van der Waals surface area contributed by atoms with E-state index in [0.717, 1.165) is 74.2 Å². The lowest BCUT2D eigenvalue weighted by Gasteiger charge is -2.36. The number of hydrogen-bond acceptors (Lipinski definition) is 9. The summed E-state index contributed by atoms with van der Waals surface area (Å²) in [6, 6.07) is 9.81. The highest BCUT2D eigenvalue weighted by atomic mass is 16.5. The van der Waals surface area contributed by atoms with Gasteiger partial charge in [0.05, 0.1) is 11.1 Å². The van der Waals surface area contributed by atoms with Crippen molar-refractivity contribution in [2.24, 2.45) is 0 Å². The maximum atomic E-state index is 13.2. The molecule has 206 valence electrons. The Morgan fingerprint density at radius 2 is 2.00 bits per heavy atom. The molecule has 5 heterocycles. The zero-order chi connectivity index (χ0) is 27.1. The average molecular weight is 540 g/mol. The Hall–Kier alpha value is -3.92. The Labute approximate surface area is 232 Å². The normalized spacial score (nSPS) is 23.0. The largest absolute Gasteiger partial charge is 0.476 e. The van der Waals surface area contributed by atoms with E-state index in [1.54, 1.807) is 10.9 Å². The summed E-state index contributed by atoms with van der Waals surface area (Å²) in [5, 5.41) is 9.22. The van der Waals surface area contributed by atoms with E-state index in [1.165, 1.54) is 6.42 Å². The molecule has 0 radical (unpaired) electrons. The topological polar surface area (TPSA) is 112 Å². The first kappa shape index (κ1) is 25.1. The molecule has 4 aromatic rings. The fourth-order valence-electron chi connectivity index (χ4n) is 6.55. The van der Waals surface area contributed by atoms with E-state index in [1.807, 2.05) is 36.5 Å². The first-order valence-electron chi connectivity index (χ1n) is 14.3. The molecule has 10 heteroatoms. The second-order valence-electron chi connectivity index (χ2n) is 11.2. The number of fused-ring (bicyclic) bond motifs is 2. The van der Waals surface area contributed by atoms with Gasteiger partial charge in [-0.05, 0) is 76.7 Å². The van der Waals surface area contributed by atoms with Crippen LogP contribution in [0.3, 0.4) is 0 Å². The van der Waals surface area contributed by atoms with E-state index < -0.39 is 5.41 Å². The first-order chi connectivity index (χ1) is 19.6. The number of nitrogens with zero attached hydrogens (tertiary/aromatic N) is 7. The van der Waals surface area contributed by atoms with E-state index in [4.69, 9.17) is 24.3 Å². The average Bonchev–Trinajstić information content (AvgIpc) is 3.74. The van der Waals surface area contributed by atoms with Gasteiger partial charge in [-0.1, -0.05) is 17.6 Å². The molecule has 2 atom stereocenters. The van der Waals surface area contributed by atoms with Crippen molar-refractivity contribution >= 4 is 5.78 Å². The van der Waals surface area contributed by atoms with Gasteiger partial charge in [0.1, 0.15) is 18.1 Å². The van der Waals surface area contributed by atoms with Crippen molar-refractivity contribution in [1.82, 2.24) is 34.8 Å². The first-order valence-corrected chi connectivity index (χ1v) is 14.3. The molecular formula is C30H33N7O3. The van der Waals surface area contributed by atoms with Gasteiger partial charge in [-0.3, -0.25) is 9.78 Å². The highest BCUT2D eigenvalue weighted by molar-refractivity contribution is 5.91. The molecule has 7 rings (SSSR count). The van der Waals surface area contributed by atoms with Crippen LogP contribution in [0.5, 0.6) is 5.88 Å². The molecule has 3 aliphatic rings. The van der Waals surface area contributed by atoms with Crippen LogP contribution >= 0.6 is 0 Å². The number of likely N-dealkylation sites (N-methyl/N-ethyl adjacent to an activating group) is 1. The maximum Gasteiger partial charge on any atom is 0.219 e. The number of Topliss-reactive ketones (excluding diaryl/α,β-unsaturated/α-hetero) is 1. The molecule has 0 N–H and O–H groups in total.